The summed E-state index contributed by atoms with van der Waals surface area (Å²) >= 11 is 5.98. The molecule has 0 aliphatic heterocycles. The van der Waals surface area contributed by atoms with E-state index in [4.69, 9.17) is 16.7 Å². The molecule has 17 heavy (non-hydrogen) atoms. The van der Waals surface area contributed by atoms with Gasteiger partial charge in [0.15, 0.2) is 5.69 Å². The summed E-state index contributed by atoms with van der Waals surface area (Å²) in [5, 5.41) is 13.4. The van der Waals surface area contributed by atoms with Crippen LogP contribution in [0, 0.1) is 6.92 Å². The second kappa shape index (κ2) is 4.22. The van der Waals surface area contributed by atoms with E-state index >= 15 is 0 Å². The molecule has 2 aromatic rings. The van der Waals surface area contributed by atoms with E-state index in [0.717, 1.165) is 16.8 Å². The molecule has 0 aliphatic rings. The van der Waals surface area contributed by atoms with Crippen LogP contribution in [0.4, 0.5) is 0 Å². The molecule has 0 fully saturated rings. The summed E-state index contributed by atoms with van der Waals surface area (Å²) in [5.74, 6) is -1.04. The first kappa shape index (κ1) is 11.7. The largest absolute Gasteiger partial charge is 0.476 e. The highest BCUT2D eigenvalue weighted by Gasteiger charge is 2.12. The van der Waals surface area contributed by atoms with Crippen molar-refractivity contribution in [2.24, 2.45) is 7.05 Å². The Balaban J connectivity index is 2.56. The number of benzene rings is 1. The van der Waals surface area contributed by atoms with Crippen molar-refractivity contribution in [2.45, 2.75) is 6.92 Å². The number of hydrogen-bond acceptors (Lipinski definition) is 2. The Morgan fingerprint density at radius 2 is 2.06 bits per heavy atom. The molecule has 1 aromatic heterocycles. The monoisotopic (exact) mass is 250 g/mol. The first-order chi connectivity index (χ1) is 7.97. The first-order valence-corrected chi connectivity index (χ1v) is 5.40. The van der Waals surface area contributed by atoms with Crippen LogP contribution >= 0.6 is 11.6 Å². The third-order valence-electron chi connectivity index (χ3n) is 2.44. The molecule has 0 spiro atoms. The smallest absolute Gasteiger partial charge is 0.356 e. The lowest BCUT2D eigenvalue weighted by Crippen LogP contribution is -1.99. The highest BCUT2D eigenvalue weighted by molar-refractivity contribution is 6.30. The molecule has 4 nitrogen and oxygen atoms in total. The number of hydrogen-bond donors (Lipinski definition) is 1. The summed E-state index contributed by atoms with van der Waals surface area (Å²) in [6, 6.07) is 7.11. The van der Waals surface area contributed by atoms with Crippen molar-refractivity contribution in [1.82, 2.24) is 9.78 Å². The van der Waals surface area contributed by atoms with Gasteiger partial charge in [-0.3, -0.25) is 4.68 Å². The first-order valence-electron chi connectivity index (χ1n) is 5.02. The molecule has 0 saturated carbocycles. The summed E-state index contributed by atoms with van der Waals surface area (Å²) in [6.45, 7) is 1.93. The number of aromatic carboxylic acids is 1. The Bertz CT molecular complexity index is 570. The number of aryl methyl sites for hydroxylation is 2. The fraction of sp³-hybridized carbons (Fsp3) is 0.167. The van der Waals surface area contributed by atoms with Crippen LogP contribution in [-0.4, -0.2) is 20.9 Å². The Kier molecular flexibility index (Phi) is 2.90. The van der Waals surface area contributed by atoms with Crippen LogP contribution in [0.5, 0.6) is 0 Å². The lowest BCUT2D eigenvalue weighted by Gasteiger charge is -2.04. The number of nitrogens with zero attached hydrogens (tertiary/aromatic N) is 2. The summed E-state index contributed by atoms with van der Waals surface area (Å²) < 4.78 is 1.54. The lowest BCUT2D eigenvalue weighted by atomic mass is 10.1. The van der Waals surface area contributed by atoms with Crippen molar-refractivity contribution in [3.05, 3.63) is 40.5 Å². The third kappa shape index (κ3) is 2.31. The quantitative estimate of drug-likeness (QED) is 0.892. The second-order valence-corrected chi connectivity index (χ2v) is 4.30. The molecule has 88 valence electrons. The van der Waals surface area contributed by atoms with E-state index in [2.05, 4.69) is 5.10 Å². The molecule has 0 atom stereocenters. The van der Waals surface area contributed by atoms with E-state index in [9.17, 15) is 4.79 Å². The molecule has 0 bridgehead atoms. The maximum atomic E-state index is 10.8. The summed E-state index contributed by atoms with van der Waals surface area (Å²) in [7, 11) is 1.71. The number of halogens is 1. The van der Waals surface area contributed by atoms with Crippen LogP contribution in [0.3, 0.4) is 0 Å². The predicted molar refractivity (Wildman–Crippen MR) is 65.4 cm³/mol. The van der Waals surface area contributed by atoms with Crippen LogP contribution in [0.25, 0.3) is 11.3 Å². The summed E-state index contributed by atoms with van der Waals surface area (Å²) in [6.07, 6.45) is 0. The van der Waals surface area contributed by atoms with Gasteiger partial charge in [-0.2, -0.15) is 5.10 Å². The molecule has 0 unspecified atom stereocenters. The van der Waals surface area contributed by atoms with Gasteiger partial charge in [-0.1, -0.05) is 11.6 Å². The van der Waals surface area contributed by atoms with E-state index < -0.39 is 5.97 Å². The molecular weight excluding hydrogens is 240 g/mol. The number of rotatable bonds is 2. The minimum absolute atomic E-state index is 0.0279. The second-order valence-electron chi connectivity index (χ2n) is 3.86. The average Bonchev–Trinajstić information content (AvgIpc) is 2.59. The average molecular weight is 251 g/mol. The molecule has 1 heterocycles. The van der Waals surface area contributed by atoms with Gasteiger partial charge in [-0.25, -0.2) is 4.79 Å². The van der Waals surface area contributed by atoms with E-state index in [1.165, 1.54) is 10.7 Å². The molecule has 0 aliphatic carbocycles. The minimum Gasteiger partial charge on any atom is -0.476 e. The van der Waals surface area contributed by atoms with E-state index in [1.54, 1.807) is 13.1 Å². The molecular formula is C12H11ClN2O2. The Morgan fingerprint density at radius 1 is 1.35 bits per heavy atom. The zero-order chi connectivity index (χ0) is 12.6. The van der Waals surface area contributed by atoms with Gasteiger partial charge < -0.3 is 5.11 Å². The van der Waals surface area contributed by atoms with E-state index in [1.807, 2.05) is 19.1 Å². The van der Waals surface area contributed by atoms with E-state index in [-0.39, 0.29) is 5.69 Å². The molecule has 0 saturated heterocycles. The van der Waals surface area contributed by atoms with Crippen LogP contribution in [0.15, 0.2) is 24.3 Å². The van der Waals surface area contributed by atoms with Crippen molar-refractivity contribution >= 4 is 17.6 Å². The summed E-state index contributed by atoms with van der Waals surface area (Å²) in [5.41, 5.74) is 2.64. The predicted octanol–water partition coefficient (Wildman–Crippen LogP) is 2.75. The van der Waals surface area contributed by atoms with E-state index in [0.29, 0.717) is 5.02 Å². The van der Waals surface area contributed by atoms with Gasteiger partial charge in [0.05, 0.1) is 5.69 Å². The number of carboxylic acid groups (broad SMARTS) is 1. The van der Waals surface area contributed by atoms with Gasteiger partial charge in [-0.05, 0) is 36.8 Å². The van der Waals surface area contributed by atoms with Crippen LogP contribution in [-0.2, 0) is 7.05 Å². The van der Waals surface area contributed by atoms with Crippen LogP contribution in [0.2, 0.25) is 5.02 Å². The number of aromatic nitrogens is 2. The molecule has 1 N–H and O–H groups in total. The highest BCUT2D eigenvalue weighted by Crippen LogP contribution is 2.25. The zero-order valence-corrected chi connectivity index (χ0v) is 10.2. The Hall–Kier alpha value is -1.81. The maximum Gasteiger partial charge on any atom is 0.356 e. The van der Waals surface area contributed by atoms with Gasteiger partial charge in [0.2, 0.25) is 0 Å². The van der Waals surface area contributed by atoms with Gasteiger partial charge in [0.25, 0.3) is 0 Å². The third-order valence-corrected chi connectivity index (χ3v) is 2.66. The fourth-order valence-corrected chi connectivity index (χ4v) is 2.02. The summed E-state index contributed by atoms with van der Waals surface area (Å²) in [4.78, 5) is 10.8. The Labute approximate surface area is 103 Å². The number of carboxylic acids is 1. The van der Waals surface area contributed by atoms with Gasteiger partial charge in [0.1, 0.15) is 0 Å². The number of carbonyl (C=O) groups is 1. The standard InChI is InChI=1S/C12H11ClN2O2/c1-7-3-8(5-9(13)4-7)11-6-10(12(16)17)14-15(11)2/h3-6H,1-2H3,(H,16,17). The van der Waals surface area contributed by atoms with Gasteiger partial charge in [-0.15, -0.1) is 0 Å². The van der Waals surface area contributed by atoms with Crippen molar-refractivity contribution in [3.63, 3.8) is 0 Å². The van der Waals surface area contributed by atoms with Gasteiger partial charge in [0, 0.05) is 17.6 Å². The van der Waals surface area contributed by atoms with Crippen molar-refractivity contribution < 1.29 is 9.90 Å². The van der Waals surface area contributed by atoms with Crippen molar-refractivity contribution in [2.75, 3.05) is 0 Å². The SMILES string of the molecule is Cc1cc(Cl)cc(-c2cc(C(=O)O)nn2C)c1. The lowest BCUT2D eigenvalue weighted by molar-refractivity contribution is 0.0689. The molecule has 2 rings (SSSR count). The van der Waals surface area contributed by atoms with Crippen molar-refractivity contribution in [1.29, 1.82) is 0 Å². The van der Waals surface area contributed by atoms with Crippen molar-refractivity contribution in [3.8, 4) is 11.3 Å². The van der Waals surface area contributed by atoms with Gasteiger partial charge >= 0.3 is 5.97 Å². The molecule has 0 amide bonds. The Morgan fingerprint density at radius 3 is 2.59 bits per heavy atom. The van der Waals surface area contributed by atoms with Crippen LogP contribution < -0.4 is 0 Å². The fourth-order valence-electron chi connectivity index (χ4n) is 1.73. The topological polar surface area (TPSA) is 55.1 Å². The maximum absolute atomic E-state index is 10.8. The van der Waals surface area contributed by atoms with Crippen LogP contribution in [0.1, 0.15) is 16.1 Å². The zero-order valence-electron chi connectivity index (χ0n) is 9.44. The molecule has 5 heteroatoms. The highest BCUT2D eigenvalue weighted by atomic mass is 35.5. The molecule has 1 aromatic carbocycles. The molecule has 0 radical (unpaired) electrons. The minimum atomic E-state index is -1.04. The normalized spacial score (nSPS) is 10.5.